The van der Waals surface area contributed by atoms with Crippen molar-refractivity contribution in [2.75, 3.05) is 0 Å². The molecule has 7 nitrogen and oxygen atoms in total. The highest BCUT2D eigenvalue weighted by atomic mass is 15.2. The topological polar surface area (TPSA) is 49.4 Å². The van der Waals surface area contributed by atoms with Crippen molar-refractivity contribution in [3.63, 3.8) is 0 Å². The lowest BCUT2D eigenvalue weighted by Gasteiger charge is -2.10. The molecule has 0 fully saturated rings. The Hall–Kier alpha value is -5.82. The molecule has 7 heteroatoms. The highest BCUT2D eigenvalue weighted by molar-refractivity contribution is 6.08. The van der Waals surface area contributed by atoms with Gasteiger partial charge in [-0.25, -0.2) is 9.97 Å². The summed E-state index contributed by atoms with van der Waals surface area (Å²) in [5.74, 6) is 1.92. The van der Waals surface area contributed by atoms with Crippen molar-refractivity contribution < 1.29 is 0 Å². The van der Waals surface area contributed by atoms with Crippen LogP contribution in [0.5, 0.6) is 0 Å². The molecule has 210 valence electrons. The van der Waals surface area contributed by atoms with Gasteiger partial charge in [0.15, 0.2) is 0 Å². The molecule has 0 saturated carbocycles. The van der Waals surface area contributed by atoms with E-state index in [1.54, 1.807) is 0 Å². The van der Waals surface area contributed by atoms with Gasteiger partial charge in [0.05, 0.1) is 46.2 Å². The Balaban J connectivity index is 1.15. The average molecular weight is 570 g/mol. The van der Waals surface area contributed by atoms with E-state index in [0.717, 1.165) is 35.7 Å². The van der Waals surface area contributed by atoms with Crippen molar-refractivity contribution in [3.8, 4) is 0 Å². The molecular weight excluding hydrogens is 542 g/mol. The van der Waals surface area contributed by atoms with Crippen molar-refractivity contribution in [1.29, 1.82) is 0 Å². The first kappa shape index (κ1) is 23.7. The third-order valence-corrected chi connectivity index (χ3v) is 9.33. The molecule has 0 amide bonds. The van der Waals surface area contributed by atoms with E-state index in [1.807, 2.05) is 6.20 Å². The molecule has 0 bridgehead atoms. The van der Waals surface area contributed by atoms with Crippen LogP contribution in [-0.2, 0) is 20.1 Å². The predicted octanol–water partition coefficient (Wildman–Crippen LogP) is 7.79. The molecular formula is C37H27N7. The van der Waals surface area contributed by atoms with Crippen LogP contribution in [0.15, 0.2) is 122 Å². The normalized spacial score (nSPS) is 12.4. The van der Waals surface area contributed by atoms with E-state index in [0.29, 0.717) is 0 Å². The first-order valence-electron chi connectivity index (χ1n) is 15.0. The van der Waals surface area contributed by atoms with Crippen LogP contribution in [0.4, 0.5) is 0 Å². The fraction of sp³-hybridized carbons (Fsp3) is 0.0811. The fourth-order valence-electron chi connectivity index (χ4n) is 7.38. The summed E-state index contributed by atoms with van der Waals surface area (Å²) in [5, 5.41) is 2.54. The number of rotatable bonds is 4. The number of nitrogens with zero attached hydrogens (tertiary/aromatic N) is 7. The summed E-state index contributed by atoms with van der Waals surface area (Å²) in [6.07, 6.45) is 3.94. The third kappa shape index (κ3) is 3.10. The molecule has 0 atom stereocenters. The summed E-state index contributed by atoms with van der Waals surface area (Å²) < 4.78 is 11.5. The van der Waals surface area contributed by atoms with Crippen LogP contribution in [0.3, 0.4) is 0 Å². The molecule has 10 aromatic rings. The van der Waals surface area contributed by atoms with Gasteiger partial charge in [0.2, 0.25) is 11.6 Å². The van der Waals surface area contributed by atoms with Gasteiger partial charge in [-0.3, -0.25) is 8.80 Å². The van der Waals surface area contributed by atoms with Crippen LogP contribution in [0.1, 0.15) is 11.1 Å². The monoisotopic (exact) mass is 569 g/mol. The van der Waals surface area contributed by atoms with Crippen molar-refractivity contribution in [3.05, 3.63) is 133 Å². The second-order valence-corrected chi connectivity index (χ2v) is 11.7. The summed E-state index contributed by atoms with van der Waals surface area (Å²) in [7, 11) is 2.09. The van der Waals surface area contributed by atoms with Gasteiger partial charge in [-0.1, -0.05) is 60.7 Å². The Morgan fingerprint density at radius 3 is 2.25 bits per heavy atom. The fourth-order valence-corrected chi connectivity index (χ4v) is 7.38. The Labute approximate surface area is 251 Å². The number of hydrogen-bond donors (Lipinski definition) is 0. The Morgan fingerprint density at radius 2 is 1.34 bits per heavy atom. The maximum absolute atomic E-state index is 5.07. The van der Waals surface area contributed by atoms with Gasteiger partial charge >= 0.3 is 0 Å². The Morgan fingerprint density at radius 1 is 0.591 bits per heavy atom. The van der Waals surface area contributed by atoms with Crippen LogP contribution < -0.4 is 0 Å². The maximum atomic E-state index is 5.07. The number of fused-ring (bicyclic) bond motifs is 11. The van der Waals surface area contributed by atoms with Gasteiger partial charge in [-0.05, 0) is 59.7 Å². The summed E-state index contributed by atoms with van der Waals surface area (Å²) in [5.41, 5.74) is 11.9. The number of imidazole rings is 4. The van der Waals surface area contributed by atoms with Crippen molar-refractivity contribution >= 4 is 66.5 Å². The van der Waals surface area contributed by atoms with Crippen LogP contribution in [-0.4, -0.2) is 32.5 Å². The molecule has 5 aromatic carbocycles. The highest BCUT2D eigenvalue weighted by Crippen LogP contribution is 2.33. The van der Waals surface area contributed by atoms with Crippen LogP contribution in [0.2, 0.25) is 0 Å². The Kier molecular flexibility index (Phi) is 4.64. The molecule has 5 heterocycles. The average Bonchev–Trinajstić information content (AvgIpc) is 3.86. The molecule has 5 aromatic heterocycles. The molecule has 0 radical (unpaired) electrons. The van der Waals surface area contributed by atoms with Crippen molar-refractivity contribution in [1.82, 2.24) is 32.5 Å². The van der Waals surface area contributed by atoms with Gasteiger partial charge < -0.3 is 13.7 Å². The van der Waals surface area contributed by atoms with Crippen molar-refractivity contribution in [2.24, 2.45) is 7.05 Å². The number of aryl methyl sites for hydroxylation is 1. The summed E-state index contributed by atoms with van der Waals surface area (Å²) in [6.45, 7) is 1.50. The maximum Gasteiger partial charge on any atom is 0.216 e. The second kappa shape index (κ2) is 8.61. The largest absolute Gasteiger partial charge is 0.336 e. The molecule has 0 aliphatic heterocycles. The number of para-hydroxylation sites is 6. The molecule has 0 aliphatic carbocycles. The van der Waals surface area contributed by atoms with Gasteiger partial charge in [0, 0.05) is 41.2 Å². The molecule has 10 rings (SSSR count). The molecule has 0 N–H and O–H groups in total. The zero-order chi connectivity index (χ0) is 28.9. The van der Waals surface area contributed by atoms with E-state index < -0.39 is 0 Å². The first-order chi connectivity index (χ1) is 21.7. The summed E-state index contributed by atoms with van der Waals surface area (Å²) in [4.78, 5) is 9.66. The smallest absolute Gasteiger partial charge is 0.216 e. The van der Waals surface area contributed by atoms with E-state index in [1.165, 1.54) is 55.0 Å². The number of hydrogen-bond acceptors (Lipinski definition) is 2. The predicted molar refractivity (Wildman–Crippen MR) is 178 cm³/mol. The highest BCUT2D eigenvalue weighted by Gasteiger charge is 2.18. The first-order valence-corrected chi connectivity index (χ1v) is 15.0. The lowest BCUT2D eigenvalue weighted by molar-refractivity contribution is 0.846. The SMILES string of the molecule is Cn1c2cccc(Cn3c4ccccc4c4cc(Cn5c6ccccc6n6c7ccccc7nc56)ccc43)c2n2ccnc12. The molecule has 44 heavy (non-hydrogen) atoms. The summed E-state index contributed by atoms with van der Waals surface area (Å²) >= 11 is 0. The zero-order valence-corrected chi connectivity index (χ0v) is 24.1. The zero-order valence-electron chi connectivity index (χ0n) is 24.1. The minimum atomic E-state index is 0.734. The number of benzene rings is 5. The van der Waals surface area contributed by atoms with Crippen LogP contribution in [0, 0.1) is 0 Å². The number of aromatic nitrogens is 7. The minimum Gasteiger partial charge on any atom is -0.336 e. The van der Waals surface area contributed by atoms with E-state index in [9.17, 15) is 0 Å². The van der Waals surface area contributed by atoms with Gasteiger partial charge in [-0.15, -0.1) is 0 Å². The summed E-state index contributed by atoms with van der Waals surface area (Å²) in [6, 6.07) is 39.3. The van der Waals surface area contributed by atoms with E-state index in [4.69, 9.17) is 4.98 Å². The van der Waals surface area contributed by atoms with Crippen molar-refractivity contribution in [2.45, 2.75) is 13.1 Å². The standard InChI is InChI=1S/C37H27N7/c1-40-34-16-8-9-25(35(34)41-20-19-38-36(40)41)23-42-29-12-4-2-10-26(29)27-21-24(17-18-30(27)42)22-43-32-14-6-7-15-33(32)44-31-13-5-3-11-28(31)39-37(43)44/h2-21H,22-23H2,1H3. The van der Waals surface area contributed by atoms with E-state index >= 15 is 0 Å². The Bertz CT molecular complexity index is 2740. The molecule has 0 saturated heterocycles. The second-order valence-electron chi connectivity index (χ2n) is 11.7. The van der Waals surface area contributed by atoms with E-state index in [2.05, 4.69) is 150 Å². The molecule has 0 unspecified atom stereocenters. The lowest BCUT2D eigenvalue weighted by Crippen LogP contribution is -2.02. The minimum absolute atomic E-state index is 0.734. The van der Waals surface area contributed by atoms with Gasteiger partial charge in [0.25, 0.3) is 0 Å². The third-order valence-electron chi connectivity index (χ3n) is 9.33. The van der Waals surface area contributed by atoms with Gasteiger partial charge in [0.1, 0.15) is 0 Å². The van der Waals surface area contributed by atoms with Crippen LogP contribution in [0.25, 0.3) is 66.5 Å². The lowest BCUT2D eigenvalue weighted by atomic mass is 10.1. The molecule has 0 spiro atoms. The van der Waals surface area contributed by atoms with Gasteiger partial charge in [-0.2, -0.15) is 0 Å². The molecule has 0 aliphatic rings. The quantitative estimate of drug-likeness (QED) is 0.217. The van der Waals surface area contributed by atoms with Crippen LogP contribution >= 0.6 is 0 Å². The van der Waals surface area contributed by atoms with E-state index in [-0.39, 0.29) is 0 Å².